The molecule has 5 nitrogen and oxygen atoms in total. The minimum atomic E-state index is -0.272. The highest BCUT2D eigenvalue weighted by Crippen LogP contribution is 2.14. The van der Waals surface area contributed by atoms with Crippen LogP contribution in [0, 0.1) is 5.92 Å². The number of rotatable bonds is 6. The van der Waals surface area contributed by atoms with Crippen LogP contribution >= 0.6 is 12.6 Å². The second kappa shape index (κ2) is 8.49. The van der Waals surface area contributed by atoms with Gasteiger partial charge in [0.25, 0.3) is 5.91 Å². The first-order valence-electron chi connectivity index (χ1n) is 7.64. The van der Waals surface area contributed by atoms with Crippen LogP contribution in [0.3, 0.4) is 0 Å². The lowest BCUT2D eigenvalue weighted by Gasteiger charge is -2.15. The van der Waals surface area contributed by atoms with Crippen LogP contribution in [0.4, 0.5) is 5.82 Å². The molecule has 1 unspecified atom stereocenters. The zero-order valence-corrected chi connectivity index (χ0v) is 14.7. The third-order valence-corrected chi connectivity index (χ3v) is 4.02. The highest BCUT2D eigenvalue weighted by atomic mass is 32.1. The van der Waals surface area contributed by atoms with Crippen LogP contribution in [0.1, 0.15) is 15.9 Å². The van der Waals surface area contributed by atoms with Crippen LogP contribution in [-0.4, -0.2) is 41.5 Å². The number of pyridine rings is 1. The normalized spacial score (nSPS) is 11.6. The summed E-state index contributed by atoms with van der Waals surface area (Å²) in [7, 11) is 3.36. The van der Waals surface area contributed by atoms with Gasteiger partial charge < -0.3 is 10.2 Å². The molecular weight excluding hydrogens is 322 g/mol. The topological polar surface area (TPSA) is 62.3 Å². The van der Waals surface area contributed by atoms with Gasteiger partial charge >= 0.3 is 0 Å². The molecule has 1 aromatic carbocycles. The van der Waals surface area contributed by atoms with Gasteiger partial charge in [-0.2, -0.15) is 12.6 Å². The molecule has 6 heteroatoms. The summed E-state index contributed by atoms with van der Waals surface area (Å²) in [5, 5.41) is 2.78. The van der Waals surface area contributed by atoms with Crippen molar-refractivity contribution in [2.45, 2.75) is 6.42 Å². The van der Waals surface area contributed by atoms with E-state index in [4.69, 9.17) is 0 Å². The average Bonchev–Trinajstić information content (AvgIpc) is 2.59. The average molecular weight is 343 g/mol. The van der Waals surface area contributed by atoms with Gasteiger partial charge in [-0.3, -0.25) is 9.59 Å². The summed E-state index contributed by atoms with van der Waals surface area (Å²) >= 11 is 4.29. The molecule has 0 aliphatic carbocycles. The molecule has 2 rings (SSSR count). The summed E-state index contributed by atoms with van der Waals surface area (Å²) in [6, 6.07) is 13.0. The highest BCUT2D eigenvalue weighted by Gasteiger charge is 2.18. The molecule has 0 saturated heterocycles. The van der Waals surface area contributed by atoms with E-state index in [1.807, 2.05) is 30.3 Å². The molecule has 1 heterocycles. The Bertz CT molecular complexity index is 704. The van der Waals surface area contributed by atoms with Gasteiger partial charge in [-0.25, -0.2) is 4.98 Å². The number of carbonyl (C=O) groups excluding carboxylic acids is 2. The number of hydrogen-bond donors (Lipinski definition) is 2. The molecule has 0 bridgehead atoms. The number of thiol groups is 1. The molecule has 0 aliphatic heterocycles. The van der Waals surface area contributed by atoms with Crippen molar-refractivity contribution >= 4 is 30.3 Å². The predicted molar refractivity (Wildman–Crippen MR) is 98.4 cm³/mol. The molecule has 24 heavy (non-hydrogen) atoms. The quantitative estimate of drug-likeness (QED) is 0.792. The first-order chi connectivity index (χ1) is 11.5. The molecule has 126 valence electrons. The molecule has 2 amide bonds. The number of amides is 2. The van der Waals surface area contributed by atoms with Gasteiger partial charge in [-0.15, -0.1) is 0 Å². The van der Waals surface area contributed by atoms with E-state index in [1.54, 1.807) is 26.2 Å². The third-order valence-electron chi connectivity index (χ3n) is 3.58. The van der Waals surface area contributed by atoms with Gasteiger partial charge in [0.05, 0.1) is 5.92 Å². The van der Waals surface area contributed by atoms with Crippen LogP contribution in [0.15, 0.2) is 48.7 Å². The van der Waals surface area contributed by atoms with Gasteiger partial charge in [0.15, 0.2) is 0 Å². The minimum Gasteiger partial charge on any atom is -0.345 e. The zero-order valence-electron chi connectivity index (χ0n) is 13.8. The highest BCUT2D eigenvalue weighted by molar-refractivity contribution is 7.80. The minimum absolute atomic E-state index is 0.136. The third kappa shape index (κ3) is 4.83. The van der Waals surface area contributed by atoms with E-state index in [0.29, 0.717) is 23.6 Å². The lowest BCUT2D eigenvalue weighted by Crippen LogP contribution is -2.27. The van der Waals surface area contributed by atoms with Crippen molar-refractivity contribution in [1.82, 2.24) is 9.88 Å². The Kier molecular flexibility index (Phi) is 6.37. The van der Waals surface area contributed by atoms with Crippen molar-refractivity contribution < 1.29 is 9.59 Å². The van der Waals surface area contributed by atoms with Crippen LogP contribution in [0.5, 0.6) is 0 Å². The van der Waals surface area contributed by atoms with E-state index in [-0.39, 0.29) is 17.7 Å². The second-order valence-electron chi connectivity index (χ2n) is 5.69. The summed E-state index contributed by atoms with van der Waals surface area (Å²) in [4.78, 5) is 30.1. The molecular formula is C18H21N3O2S. The molecule has 0 spiro atoms. The smallest absolute Gasteiger partial charge is 0.253 e. The van der Waals surface area contributed by atoms with Crippen LogP contribution < -0.4 is 5.32 Å². The van der Waals surface area contributed by atoms with Crippen LogP contribution in [0.2, 0.25) is 0 Å². The standard InChI is InChI=1S/C18H21N3O2S/c1-21(2)18(23)14-8-9-19-16(11-14)20-17(22)15(12-24)10-13-6-4-3-5-7-13/h3-9,11,15,24H,10,12H2,1-2H3,(H,19,20,22). The Balaban J connectivity index is 2.07. The number of aromatic nitrogens is 1. The van der Waals surface area contributed by atoms with Gasteiger partial charge in [0.2, 0.25) is 5.91 Å². The summed E-state index contributed by atoms with van der Waals surface area (Å²) in [6.07, 6.45) is 2.12. The van der Waals surface area contributed by atoms with Crippen molar-refractivity contribution in [3.8, 4) is 0 Å². The maximum absolute atomic E-state index is 12.5. The lowest BCUT2D eigenvalue weighted by molar-refractivity contribution is -0.119. The number of carbonyl (C=O) groups is 2. The summed E-state index contributed by atoms with van der Waals surface area (Å²) in [6.45, 7) is 0. The van der Waals surface area contributed by atoms with Gasteiger partial charge in [0.1, 0.15) is 5.82 Å². The van der Waals surface area contributed by atoms with Crippen molar-refractivity contribution in [2.75, 3.05) is 25.2 Å². The molecule has 1 atom stereocenters. The number of nitrogens with one attached hydrogen (secondary N) is 1. The van der Waals surface area contributed by atoms with Crippen LogP contribution in [-0.2, 0) is 11.2 Å². The Hall–Kier alpha value is -2.34. The lowest BCUT2D eigenvalue weighted by atomic mass is 10.0. The Morgan fingerprint density at radius 2 is 1.92 bits per heavy atom. The molecule has 0 aliphatic rings. The molecule has 1 N–H and O–H groups in total. The molecule has 1 aromatic heterocycles. The zero-order chi connectivity index (χ0) is 17.5. The monoisotopic (exact) mass is 343 g/mol. The van der Waals surface area contributed by atoms with Gasteiger partial charge in [0, 0.05) is 31.6 Å². The van der Waals surface area contributed by atoms with E-state index in [9.17, 15) is 9.59 Å². The Labute approximate surface area is 147 Å². The predicted octanol–water partition coefficient (Wildman–Crippen LogP) is 2.51. The number of benzene rings is 1. The van der Waals surface area contributed by atoms with E-state index in [1.165, 1.54) is 11.1 Å². The van der Waals surface area contributed by atoms with Crippen molar-refractivity contribution in [2.24, 2.45) is 5.92 Å². The maximum atomic E-state index is 12.5. The maximum Gasteiger partial charge on any atom is 0.253 e. The summed E-state index contributed by atoms with van der Waals surface area (Å²) in [5.74, 6) is 0.230. The molecule has 2 aromatic rings. The first kappa shape index (κ1) is 18.0. The number of nitrogens with zero attached hydrogens (tertiary/aromatic N) is 2. The molecule has 0 saturated carbocycles. The fourth-order valence-corrected chi connectivity index (χ4v) is 2.55. The molecule has 0 radical (unpaired) electrons. The van der Waals surface area contributed by atoms with E-state index < -0.39 is 0 Å². The van der Waals surface area contributed by atoms with Gasteiger partial charge in [-0.1, -0.05) is 30.3 Å². The van der Waals surface area contributed by atoms with E-state index in [2.05, 4.69) is 22.9 Å². The summed E-state index contributed by atoms with van der Waals surface area (Å²) in [5.41, 5.74) is 1.56. The first-order valence-corrected chi connectivity index (χ1v) is 8.28. The number of anilines is 1. The largest absolute Gasteiger partial charge is 0.345 e. The number of hydrogen-bond acceptors (Lipinski definition) is 4. The Morgan fingerprint density at radius 3 is 2.54 bits per heavy atom. The molecule has 0 fully saturated rings. The fraction of sp³-hybridized carbons (Fsp3) is 0.278. The van der Waals surface area contributed by atoms with Gasteiger partial charge in [-0.05, 0) is 24.1 Å². The van der Waals surface area contributed by atoms with E-state index >= 15 is 0 Å². The van der Waals surface area contributed by atoms with Crippen LogP contribution in [0.25, 0.3) is 0 Å². The SMILES string of the molecule is CN(C)C(=O)c1ccnc(NC(=O)C(CS)Cc2ccccc2)c1. The van der Waals surface area contributed by atoms with E-state index in [0.717, 1.165) is 5.56 Å². The second-order valence-corrected chi connectivity index (χ2v) is 6.05. The summed E-state index contributed by atoms with van der Waals surface area (Å²) < 4.78 is 0. The fourth-order valence-electron chi connectivity index (χ4n) is 2.26. The Morgan fingerprint density at radius 1 is 1.21 bits per heavy atom. The van der Waals surface area contributed by atoms with Crippen molar-refractivity contribution in [3.05, 3.63) is 59.8 Å². The van der Waals surface area contributed by atoms with Crippen molar-refractivity contribution in [1.29, 1.82) is 0 Å². The van der Waals surface area contributed by atoms with Crippen molar-refractivity contribution in [3.63, 3.8) is 0 Å².